The van der Waals surface area contributed by atoms with Gasteiger partial charge in [-0.2, -0.15) is 0 Å². The van der Waals surface area contributed by atoms with E-state index in [9.17, 15) is 9.59 Å². The van der Waals surface area contributed by atoms with Gasteiger partial charge in [-0.15, -0.1) is 0 Å². The molecular weight excluding hydrogens is 220 g/mol. The summed E-state index contributed by atoms with van der Waals surface area (Å²) in [5.41, 5.74) is 0.543. The molecule has 0 fully saturated rings. The Bertz CT molecular complexity index is 290. The second-order valence-electron chi connectivity index (χ2n) is 2.25. The van der Waals surface area contributed by atoms with E-state index in [1.165, 1.54) is 0 Å². The first-order valence-electron chi connectivity index (χ1n) is 3.38. The lowest BCUT2D eigenvalue weighted by Gasteiger charge is -1.95. The molecule has 3 heteroatoms. The molecule has 0 saturated heterocycles. The number of benzene rings is 1. The average Bonchev–Trinajstić information content (AvgIpc) is 2.06. The number of hydrogen-bond acceptors (Lipinski definition) is 2. The van der Waals surface area contributed by atoms with Gasteiger partial charge in [-0.3, -0.25) is 9.59 Å². The van der Waals surface area contributed by atoms with E-state index in [0.717, 1.165) is 4.47 Å². The predicted molar refractivity (Wildman–Crippen MR) is 48.8 cm³/mol. The smallest absolute Gasteiger partial charge is 0.206 e. The third kappa shape index (κ3) is 2.27. The Kier molecular flexibility index (Phi) is 3.17. The molecule has 1 aromatic carbocycles. The number of Topliss-reactive ketones (excluding diaryl/α,β-unsaturated/α-hetero) is 1. The Morgan fingerprint density at radius 2 is 1.92 bits per heavy atom. The third-order valence-electron chi connectivity index (χ3n) is 1.40. The average molecular weight is 226 g/mol. The van der Waals surface area contributed by atoms with E-state index in [0.29, 0.717) is 5.56 Å². The van der Waals surface area contributed by atoms with E-state index in [4.69, 9.17) is 0 Å². The first kappa shape index (κ1) is 9.13. The van der Waals surface area contributed by atoms with Gasteiger partial charge in [-0.1, -0.05) is 28.1 Å². The Balaban J connectivity index is 2.82. The van der Waals surface area contributed by atoms with Gasteiger partial charge in [-0.05, 0) is 12.1 Å². The van der Waals surface area contributed by atoms with Crippen molar-refractivity contribution in [3.05, 3.63) is 34.3 Å². The first-order chi connectivity index (χ1) is 5.74. The van der Waals surface area contributed by atoms with Crippen LogP contribution in [0.3, 0.4) is 0 Å². The highest BCUT2D eigenvalue weighted by molar-refractivity contribution is 9.10. The van der Waals surface area contributed by atoms with Gasteiger partial charge in [0.2, 0.25) is 6.29 Å². The van der Waals surface area contributed by atoms with Crippen molar-refractivity contribution in [1.29, 1.82) is 0 Å². The van der Waals surface area contributed by atoms with Crippen molar-refractivity contribution in [1.82, 2.24) is 0 Å². The van der Waals surface area contributed by atoms with E-state index >= 15 is 0 Å². The molecule has 0 spiro atoms. The molecule has 1 radical (unpaired) electrons. The maximum absolute atomic E-state index is 11.1. The summed E-state index contributed by atoms with van der Waals surface area (Å²) in [5.74, 6) is -0.197. The molecule has 0 aliphatic heterocycles. The summed E-state index contributed by atoms with van der Waals surface area (Å²) in [5, 5.41) is 0. The van der Waals surface area contributed by atoms with Crippen LogP contribution in [-0.2, 0) is 4.79 Å². The van der Waals surface area contributed by atoms with Crippen molar-refractivity contribution in [2.45, 2.75) is 6.42 Å². The van der Waals surface area contributed by atoms with Crippen molar-refractivity contribution in [2.75, 3.05) is 0 Å². The molecular formula is C9H6BrO2. The number of carbonyl (C=O) groups excluding carboxylic acids is 2. The molecule has 0 heterocycles. The Labute approximate surface area is 78.7 Å². The van der Waals surface area contributed by atoms with Crippen LogP contribution in [0.2, 0.25) is 0 Å². The number of hydrogen-bond donors (Lipinski definition) is 0. The van der Waals surface area contributed by atoms with E-state index in [1.54, 1.807) is 30.6 Å². The highest BCUT2D eigenvalue weighted by Gasteiger charge is 2.03. The summed E-state index contributed by atoms with van der Waals surface area (Å²) in [6.07, 6.45) is 1.40. The summed E-state index contributed by atoms with van der Waals surface area (Å²) in [7, 11) is 0. The molecule has 0 atom stereocenters. The fraction of sp³-hybridized carbons (Fsp3) is 0.111. The molecule has 0 saturated carbocycles. The summed E-state index contributed by atoms with van der Waals surface area (Å²) in [6, 6.07) is 6.86. The van der Waals surface area contributed by atoms with Crippen LogP contribution >= 0.6 is 15.9 Å². The normalized spacial score (nSPS) is 9.42. The van der Waals surface area contributed by atoms with Crippen LogP contribution in [0.15, 0.2) is 28.7 Å². The van der Waals surface area contributed by atoms with Gasteiger partial charge in [0.15, 0.2) is 5.78 Å². The minimum absolute atomic E-state index is 0.165. The van der Waals surface area contributed by atoms with Crippen LogP contribution < -0.4 is 0 Å². The third-order valence-corrected chi connectivity index (χ3v) is 1.93. The highest BCUT2D eigenvalue weighted by atomic mass is 79.9. The number of ketones is 1. The quantitative estimate of drug-likeness (QED) is 0.584. The highest BCUT2D eigenvalue weighted by Crippen LogP contribution is 2.11. The molecule has 61 valence electrons. The molecule has 0 unspecified atom stereocenters. The zero-order valence-electron chi connectivity index (χ0n) is 6.21. The van der Waals surface area contributed by atoms with E-state index in [-0.39, 0.29) is 12.2 Å². The van der Waals surface area contributed by atoms with Crippen molar-refractivity contribution in [2.24, 2.45) is 0 Å². The van der Waals surface area contributed by atoms with Crippen molar-refractivity contribution < 1.29 is 9.59 Å². The largest absolute Gasteiger partial charge is 0.294 e. The van der Waals surface area contributed by atoms with Crippen molar-refractivity contribution in [3.8, 4) is 0 Å². The van der Waals surface area contributed by atoms with Crippen LogP contribution in [0.1, 0.15) is 16.8 Å². The topological polar surface area (TPSA) is 34.1 Å². The van der Waals surface area contributed by atoms with Crippen LogP contribution in [-0.4, -0.2) is 12.1 Å². The molecule has 0 aliphatic carbocycles. The zero-order valence-corrected chi connectivity index (χ0v) is 7.80. The van der Waals surface area contributed by atoms with Gasteiger partial charge in [0.05, 0.1) is 6.42 Å². The van der Waals surface area contributed by atoms with Crippen molar-refractivity contribution >= 4 is 28.0 Å². The summed E-state index contributed by atoms with van der Waals surface area (Å²) < 4.78 is 0.911. The molecule has 12 heavy (non-hydrogen) atoms. The van der Waals surface area contributed by atoms with Crippen molar-refractivity contribution in [3.63, 3.8) is 0 Å². The second-order valence-corrected chi connectivity index (χ2v) is 3.17. The lowest BCUT2D eigenvalue weighted by molar-refractivity contribution is 0.1000. The minimum atomic E-state index is -0.197. The number of rotatable bonds is 3. The fourth-order valence-electron chi connectivity index (χ4n) is 0.803. The van der Waals surface area contributed by atoms with Gasteiger partial charge in [-0.25, -0.2) is 0 Å². The molecule has 0 amide bonds. The lowest BCUT2D eigenvalue weighted by atomic mass is 10.1. The zero-order chi connectivity index (χ0) is 8.97. The lowest BCUT2D eigenvalue weighted by Crippen LogP contribution is -1.98. The van der Waals surface area contributed by atoms with Gasteiger partial charge in [0.1, 0.15) is 0 Å². The van der Waals surface area contributed by atoms with E-state index in [2.05, 4.69) is 15.9 Å². The van der Waals surface area contributed by atoms with Crippen LogP contribution in [0.4, 0.5) is 0 Å². The summed E-state index contributed by atoms with van der Waals surface area (Å²) in [6.45, 7) is 0. The van der Waals surface area contributed by atoms with Gasteiger partial charge >= 0.3 is 0 Å². The first-order valence-corrected chi connectivity index (χ1v) is 4.17. The number of carbonyl (C=O) groups is 1. The molecule has 0 aromatic heterocycles. The van der Waals surface area contributed by atoms with Crippen LogP contribution in [0.5, 0.6) is 0 Å². The monoisotopic (exact) mass is 225 g/mol. The van der Waals surface area contributed by atoms with Crippen LogP contribution in [0.25, 0.3) is 0 Å². The molecule has 1 rings (SSSR count). The Morgan fingerprint density at radius 1 is 1.33 bits per heavy atom. The van der Waals surface area contributed by atoms with E-state index in [1.807, 2.05) is 0 Å². The molecule has 2 nitrogen and oxygen atoms in total. The molecule has 1 aromatic rings. The van der Waals surface area contributed by atoms with Gasteiger partial charge in [0.25, 0.3) is 0 Å². The summed E-state index contributed by atoms with van der Waals surface area (Å²) >= 11 is 3.24. The SMILES string of the molecule is O=[C]CC(=O)c1ccc(Br)cc1. The standard InChI is InChI=1S/C9H6BrO2/c10-8-3-1-7(2-4-8)9(12)5-6-11/h1-4H,5H2. The Hall–Kier alpha value is -0.960. The maximum atomic E-state index is 11.1. The fourth-order valence-corrected chi connectivity index (χ4v) is 1.07. The minimum Gasteiger partial charge on any atom is -0.294 e. The second kappa shape index (κ2) is 4.16. The maximum Gasteiger partial charge on any atom is 0.206 e. The van der Waals surface area contributed by atoms with Gasteiger partial charge in [0, 0.05) is 10.0 Å². The molecule has 0 bridgehead atoms. The number of halogens is 1. The van der Waals surface area contributed by atoms with E-state index < -0.39 is 0 Å². The summed E-state index contributed by atoms with van der Waals surface area (Å²) in [4.78, 5) is 21.0. The van der Waals surface area contributed by atoms with Crippen LogP contribution in [0, 0.1) is 0 Å². The van der Waals surface area contributed by atoms with Gasteiger partial charge < -0.3 is 0 Å². The molecule has 0 N–H and O–H groups in total. The Morgan fingerprint density at radius 3 is 2.42 bits per heavy atom. The molecule has 0 aliphatic rings. The predicted octanol–water partition coefficient (Wildman–Crippen LogP) is 2.13.